The predicted molar refractivity (Wildman–Crippen MR) is 119 cm³/mol. The fraction of sp³-hybridized carbons (Fsp3) is 0. The zero-order chi connectivity index (χ0) is 19.2. The lowest BCUT2D eigenvalue weighted by atomic mass is 9.98. The maximum Gasteiger partial charge on any atom is 0.114 e. The molecule has 0 fully saturated rings. The summed E-state index contributed by atoms with van der Waals surface area (Å²) in [7, 11) is 0. The molecule has 0 aliphatic rings. The van der Waals surface area contributed by atoms with Crippen LogP contribution in [0.3, 0.4) is 0 Å². The minimum atomic E-state index is 0.867. The maximum absolute atomic E-state index is 4.68. The van der Waals surface area contributed by atoms with Gasteiger partial charge in [0.2, 0.25) is 0 Å². The Bertz CT molecular complexity index is 1400. The van der Waals surface area contributed by atoms with Gasteiger partial charge in [-0.1, -0.05) is 48.5 Å². The Morgan fingerprint density at radius 1 is 0.517 bits per heavy atom. The normalized spacial score (nSPS) is 11.4. The summed E-state index contributed by atoms with van der Waals surface area (Å²) in [6.07, 6.45) is 3.70. The third-order valence-corrected chi connectivity index (χ3v) is 5.80. The van der Waals surface area contributed by atoms with Crippen LogP contribution in [0.2, 0.25) is 0 Å². The Morgan fingerprint density at radius 2 is 1.00 bits per heavy atom. The van der Waals surface area contributed by atoms with Gasteiger partial charge < -0.3 is 0 Å². The first-order valence-electron chi connectivity index (χ1n) is 9.34. The van der Waals surface area contributed by atoms with Gasteiger partial charge in [-0.3, -0.25) is 9.97 Å². The van der Waals surface area contributed by atoms with Crippen molar-refractivity contribution in [2.75, 3.05) is 0 Å². The summed E-state index contributed by atoms with van der Waals surface area (Å²) in [6.45, 7) is 0. The van der Waals surface area contributed by atoms with E-state index >= 15 is 0 Å². The molecule has 5 heteroatoms. The van der Waals surface area contributed by atoms with Crippen molar-refractivity contribution in [1.82, 2.24) is 18.7 Å². The molecule has 136 valence electrons. The SMILES string of the molecule is c1ccc2c(-c3ccc(-c4nccc5ccccc45)c4nsnc34)nccc2c1. The largest absolute Gasteiger partial charge is 0.256 e. The van der Waals surface area contributed by atoms with Gasteiger partial charge in [0.25, 0.3) is 0 Å². The molecule has 3 aromatic heterocycles. The number of nitrogens with zero attached hydrogens (tertiary/aromatic N) is 4. The number of fused-ring (bicyclic) bond motifs is 3. The fourth-order valence-electron chi connectivity index (χ4n) is 3.92. The van der Waals surface area contributed by atoms with Gasteiger partial charge >= 0.3 is 0 Å². The van der Waals surface area contributed by atoms with Crippen LogP contribution in [0.1, 0.15) is 0 Å². The second kappa shape index (κ2) is 6.43. The van der Waals surface area contributed by atoms with Crippen molar-refractivity contribution in [1.29, 1.82) is 0 Å². The molecule has 3 heterocycles. The lowest BCUT2D eigenvalue weighted by Crippen LogP contribution is -1.91. The average Bonchev–Trinajstić information content (AvgIpc) is 3.28. The Kier molecular flexibility index (Phi) is 3.61. The molecule has 0 N–H and O–H groups in total. The third-order valence-electron chi connectivity index (χ3n) is 5.27. The molecule has 0 unspecified atom stereocenters. The molecule has 0 amide bonds. The van der Waals surface area contributed by atoms with Gasteiger partial charge in [-0.2, -0.15) is 8.75 Å². The van der Waals surface area contributed by atoms with Crippen molar-refractivity contribution in [3.63, 3.8) is 0 Å². The monoisotopic (exact) mass is 390 g/mol. The molecule has 0 radical (unpaired) electrons. The Hall–Kier alpha value is -3.70. The highest BCUT2D eigenvalue weighted by atomic mass is 32.1. The highest BCUT2D eigenvalue weighted by Gasteiger charge is 2.17. The molecular formula is C24H14N4S. The van der Waals surface area contributed by atoms with Gasteiger partial charge in [-0.25, -0.2) is 0 Å². The first kappa shape index (κ1) is 16.3. The highest BCUT2D eigenvalue weighted by molar-refractivity contribution is 7.00. The third kappa shape index (κ3) is 2.52. The maximum atomic E-state index is 4.68. The smallest absolute Gasteiger partial charge is 0.114 e. The first-order valence-corrected chi connectivity index (χ1v) is 10.1. The zero-order valence-corrected chi connectivity index (χ0v) is 16.1. The van der Waals surface area contributed by atoms with Crippen LogP contribution in [0.5, 0.6) is 0 Å². The highest BCUT2D eigenvalue weighted by Crippen LogP contribution is 2.37. The molecule has 3 aromatic carbocycles. The zero-order valence-electron chi connectivity index (χ0n) is 15.3. The topological polar surface area (TPSA) is 51.6 Å². The molecule has 0 spiro atoms. The summed E-state index contributed by atoms with van der Waals surface area (Å²) in [5.74, 6) is 0. The summed E-state index contributed by atoms with van der Waals surface area (Å²) in [4.78, 5) is 9.36. The summed E-state index contributed by atoms with van der Waals surface area (Å²) in [5.41, 5.74) is 5.58. The molecule has 6 aromatic rings. The molecular weight excluding hydrogens is 376 g/mol. The van der Waals surface area contributed by atoms with Crippen molar-refractivity contribution in [3.8, 4) is 22.5 Å². The molecule has 0 atom stereocenters. The van der Waals surface area contributed by atoms with Crippen LogP contribution in [-0.2, 0) is 0 Å². The van der Waals surface area contributed by atoms with Gasteiger partial charge in [0.05, 0.1) is 23.1 Å². The summed E-state index contributed by atoms with van der Waals surface area (Å²) in [6, 6.07) is 24.8. The summed E-state index contributed by atoms with van der Waals surface area (Å²) >= 11 is 1.23. The number of aromatic nitrogens is 4. The van der Waals surface area contributed by atoms with E-state index in [-0.39, 0.29) is 0 Å². The van der Waals surface area contributed by atoms with Crippen molar-refractivity contribution >= 4 is 44.3 Å². The van der Waals surface area contributed by atoms with Crippen LogP contribution in [0.25, 0.3) is 55.1 Å². The van der Waals surface area contributed by atoms with E-state index in [1.807, 2.05) is 48.8 Å². The molecule has 0 bridgehead atoms. The molecule has 4 nitrogen and oxygen atoms in total. The van der Waals surface area contributed by atoms with Crippen LogP contribution in [-0.4, -0.2) is 18.7 Å². The van der Waals surface area contributed by atoms with E-state index in [1.165, 1.54) is 11.7 Å². The van der Waals surface area contributed by atoms with Crippen molar-refractivity contribution < 1.29 is 0 Å². The van der Waals surface area contributed by atoms with Gasteiger partial charge in [-0.15, -0.1) is 0 Å². The number of pyridine rings is 2. The average molecular weight is 390 g/mol. The Morgan fingerprint density at radius 3 is 1.52 bits per heavy atom. The minimum absolute atomic E-state index is 0.867. The molecule has 0 aliphatic heterocycles. The molecule has 6 rings (SSSR count). The van der Waals surface area contributed by atoms with Crippen LogP contribution in [0.15, 0.2) is 85.2 Å². The van der Waals surface area contributed by atoms with E-state index < -0.39 is 0 Å². The first-order chi connectivity index (χ1) is 14.4. The van der Waals surface area contributed by atoms with E-state index in [0.29, 0.717) is 0 Å². The van der Waals surface area contributed by atoms with E-state index in [1.54, 1.807) is 0 Å². The van der Waals surface area contributed by atoms with Gasteiger partial charge in [-0.05, 0) is 35.0 Å². The van der Waals surface area contributed by atoms with E-state index in [2.05, 4.69) is 55.1 Å². The Labute approximate surface area is 170 Å². The number of hydrogen-bond acceptors (Lipinski definition) is 5. The van der Waals surface area contributed by atoms with Crippen molar-refractivity contribution in [2.24, 2.45) is 0 Å². The standard InChI is InChI=1S/C24H14N4S/c1-3-7-17-15(5-1)11-13-25-21(17)19-9-10-20(24-23(19)27-29-28-24)22-18-8-4-2-6-16(18)12-14-26-22/h1-14H. The van der Waals surface area contributed by atoms with E-state index in [0.717, 1.165) is 55.1 Å². The minimum Gasteiger partial charge on any atom is -0.256 e. The predicted octanol–water partition coefficient (Wildman–Crippen LogP) is 6.12. The van der Waals surface area contributed by atoms with Crippen LogP contribution < -0.4 is 0 Å². The van der Waals surface area contributed by atoms with E-state index in [9.17, 15) is 0 Å². The van der Waals surface area contributed by atoms with Crippen LogP contribution >= 0.6 is 11.7 Å². The number of hydrogen-bond donors (Lipinski definition) is 0. The van der Waals surface area contributed by atoms with Crippen LogP contribution in [0, 0.1) is 0 Å². The number of benzene rings is 3. The lowest BCUT2D eigenvalue weighted by molar-refractivity contribution is 1.35. The Balaban J connectivity index is 1.65. The van der Waals surface area contributed by atoms with Gasteiger partial charge in [0.1, 0.15) is 11.0 Å². The summed E-state index contributed by atoms with van der Waals surface area (Å²) < 4.78 is 9.26. The second-order valence-corrected chi connectivity index (χ2v) is 7.41. The molecule has 0 saturated heterocycles. The van der Waals surface area contributed by atoms with Crippen LogP contribution in [0.4, 0.5) is 0 Å². The molecule has 0 saturated carbocycles. The van der Waals surface area contributed by atoms with Gasteiger partial charge in [0, 0.05) is 34.3 Å². The quantitative estimate of drug-likeness (QED) is 0.357. The number of rotatable bonds is 2. The summed E-state index contributed by atoms with van der Waals surface area (Å²) in [5, 5.41) is 4.54. The van der Waals surface area contributed by atoms with Crippen molar-refractivity contribution in [2.45, 2.75) is 0 Å². The van der Waals surface area contributed by atoms with Crippen molar-refractivity contribution in [3.05, 3.63) is 85.2 Å². The van der Waals surface area contributed by atoms with Gasteiger partial charge in [0.15, 0.2) is 0 Å². The lowest BCUT2D eigenvalue weighted by Gasteiger charge is -2.10. The van der Waals surface area contributed by atoms with E-state index in [4.69, 9.17) is 0 Å². The fourth-order valence-corrected chi connectivity index (χ4v) is 4.49. The second-order valence-electron chi connectivity index (χ2n) is 6.88. The molecule has 29 heavy (non-hydrogen) atoms. The molecule has 0 aliphatic carbocycles.